The summed E-state index contributed by atoms with van der Waals surface area (Å²) in [6.45, 7) is 3.21. The van der Waals surface area contributed by atoms with Crippen molar-refractivity contribution in [3.05, 3.63) is 41.5 Å². The molecule has 21 heavy (non-hydrogen) atoms. The number of carbonyl (C=O) groups excluding carboxylic acids is 1. The summed E-state index contributed by atoms with van der Waals surface area (Å²) in [7, 11) is 0. The van der Waals surface area contributed by atoms with Gasteiger partial charge in [-0.25, -0.2) is 9.59 Å². The maximum absolute atomic E-state index is 12.8. The van der Waals surface area contributed by atoms with Crippen molar-refractivity contribution in [1.82, 2.24) is 4.90 Å². The van der Waals surface area contributed by atoms with Gasteiger partial charge in [-0.2, -0.15) is 0 Å². The Kier molecular flexibility index (Phi) is 3.41. The van der Waals surface area contributed by atoms with Crippen molar-refractivity contribution < 1.29 is 14.7 Å². The van der Waals surface area contributed by atoms with E-state index in [0.29, 0.717) is 19.5 Å². The number of rotatable bonds is 1. The van der Waals surface area contributed by atoms with E-state index in [9.17, 15) is 14.7 Å². The van der Waals surface area contributed by atoms with Gasteiger partial charge >= 0.3 is 12.0 Å². The third-order valence-corrected chi connectivity index (χ3v) is 4.07. The summed E-state index contributed by atoms with van der Waals surface area (Å²) in [6, 6.07) is 6.41. The van der Waals surface area contributed by atoms with Gasteiger partial charge < -0.3 is 10.0 Å². The highest BCUT2D eigenvalue weighted by Gasteiger charge is 2.40. The highest BCUT2D eigenvalue weighted by molar-refractivity contribution is 6.01. The number of nitrogens with zero attached hydrogens (tertiary/aromatic N) is 2. The van der Waals surface area contributed by atoms with E-state index < -0.39 is 12.0 Å². The number of para-hydroxylation sites is 1. The fourth-order valence-electron chi connectivity index (χ4n) is 3.05. The number of carboxylic acids is 1. The van der Waals surface area contributed by atoms with Crippen LogP contribution in [0.5, 0.6) is 0 Å². The molecule has 0 aromatic heterocycles. The average Bonchev–Trinajstić information content (AvgIpc) is 2.86. The van der Waals surface area contributed by atoms with Gasteiger partial charge in [-0.1, -0.05) is 29.8 Å². The Morgan fingerprint density at radius 2 is 2.05 bits per heavy atom. The summed E-state index contributed by atoms with van der Waals surface area (Å²) in [4.78, 5) is 27.5. The molecule has 0 saturated carbocycles. The van der Waals surface area contributed by atoms with Crippen molar-refractivity contribution in [2.75, 3.05) is 18.0 Å². The van der Waals surface area contributed by atoms with E-state index in [1.54, 1.807) is 4.90 Å². The molecule has 1 aromatic rings. The third-order valence-electron chi connectivity index (χ3n) is 4.07. The predicted molar refractivity (Wildman–Crippen MR) is 79.4 cm³/mol. The zero-order chi connectivity index (χ0) is 15.0. The van der Waals surface area contributed by atoms with Crippen LogP contribution in [0.25, 0.3) is 0 Å². The lowest BCUT2D eigenvalue weighted by Crippen LogP contribution is -2.51. The molecule has 2 heterocycles. The quantitative estimate of drug-likeness (QED) is 0.806. The van der Waals surface area contributed by atoms with Gasteiger partial charge in [0.25, 0.3) is 0 Å². The van der Waals surface area contributed by atoms with Gasteiger partial charge in [0.2, 0.25) is 0 Å². The van der Waals surface area contributed by atoms with Gasteiger partial charge in [-0.15, -0.1) is 0 Å². The van der Waals surface area contributed by atoms with Gasteiger partial charge in [0.1, 0.15) is 6.04 Å². The van der Waals surface area contributed by atoms with Crippen LogP contribution in [0.1, 0.15) is 18.9 Å². The lowest BCUT2D eigenvalue weighted by molar-refractivity contribution is -0.138. The summed E-state index contributed by atoms with van der Waals surface area (Å²) in [6.07, 6.45) is 3.32. The zero-order valence-electron chi connectivity index (χ0n) is 12.0. The first-order chi connectivity index (χ1) is 10.1. The number of urea groups is 1. The number of amides is 2. The molecule has 0 fully saturated rings. The SMILES string of the molecule is CC1=CCCN(C(=O)N2c3ccccc3CC2C(=O)O)C1. The largest absolute Gasteiger partial charge is 0.480 e. The number of hydrogen-bond acceptors (Lipinski definition) is 2. The molecule has 5 nitrogen and oxygen atoms in total. The Bertz CT molecular complexity index is 624. The molecule has 1 N–H and O–H groups in total. The Labute approximate surface area is 123 Å². The normalized spacial score (nSPS) is 21.0. The molecule has 5 heteroatoms. The van der Waals surface area contributed by atoms with E-state index in [2.05, 4.69) is 6.08 Å². The van der Waals surface area contributed by atoms with Crippen LogP contribution in [0.15, 0.2) is 35.9 Å². The molecule has 0 bridgehead atoms. The topological polar surface area (TPSA) is 60.9 Å². The standard InChI is InChI=1S/C16H18N2O3/c1-11-5-4-8-17(10-11)16(21)18-13-7-3-2-6-12(13)9-14(18)15(19)20/h2-3,5-7,14H,4,8-10H2,1H3,(H,19,20). The molecule has 0 aliphatic carbocycles. The number of aliphatic carboxylic acids is 1. The number of anilines is 1. The lowest BCUT2D eigenvalue weighted by atomic mass is 10.1. The van der Waals surface area contributed by atoms with Crippen molar-refractivity contribution in [1.29, 1.82) is 0 Å². The molecule has 0 radical (unpaired) electrons. The molecule has 0 saturated heterocycles. The number of benzene rings is 1. The Morgan fingerprint density at radius 1 is 1.29 bits per heavy atom. The maximum Gasteiger partial charge on any atom is 0.327 e. The molecule has 2 aliphatic rings. The molecule has 0 spiro atoms. The van der Waals surface area contributed by atoms with Crippen molar-refractivity contribution in [3.8, 4) is 0 Å². The molecule has 2 amide bonds. The molecular weight excluding hydrogens is 268 g/mol. The van der Waals surface area contributed by atoms with Crippen LogP contribution in [0.3, 0.4) is 0 Å². The lowest BCUT2D eigenvalue weighted by Gasteiger charge is -2.32. The van der Waals surface area contributed by atoms with E-state index in [4.69, 9.17) is 0 Å². The van der Waals surface area contributed by atoms with Gasteiger partial charge in [0.05, 0.1) is 0 Å². The number of fused-ring (bicyclic) bond motifs is 1. The average molecular weight is 286 g/mol. The minimum Gasteiger partial charge on any atom is -0.480 e. The molecule has 1 aromatic carbocycles. The van der Waals surface area contributed by atoms with E-state index >= 15 is 0 Å². The van der Waals surface area contributed by atoms with E-state index in [1.807, 2.05) is 31.2 Å². The first-order valence-corrected chi connectivity index (χ1v) is 7.12. The van der Waals surface area contributed by atoms with Crippen LogP contribution < -0.4 is 4.90 Å². The predicted octanol–water partition coefficient (Wildman–Crippen LogP) is 2.27. The second-order valence-electron chi connectivity index (χ2n) is 5.60. The van der Waals surface area contributed by atoms with Crippen LogP contribution in [-0.2, 0) is 11.2 Å². The highest BCUT2D eigenvalue weighted by atomic mass is 16.4. The molecule has 1 atom stereocenters. The van der Waals surface area contributed by atoms with Crippen LogP contribution in [-0.4, -0.2) is 41.1 Å². The fraction of sp³-hybridized carbons (Fsp3) is 0.375. The summed E-state index contributed by atoms with van der Waals surface area (Å²) < 4.78 is 0. The Morgan fingerprint density at radius 3 is 2.76 bits per heavy atom. The first-order valence-electron chi connectivity index (χ1n) is 7.12. The third kappa shape index (κ3) is 2.39. The zero-order valence-corrected chi connectivity index (χ0v) is 12.0. The first kappa shape index (κ1) is 13.7. The second kappa shape index (κ2) is 5.24. The molecule has 3 rings (SSSR count). The molecular formula is C16H18N2O3. The van der Waals surface area contributed by atoms with Crippen molar-refractivity contribution in [2.24, 2.45) is 0 Å². The van der Waals surface area contributed by atoms with E-state index in [-0.39, 0.29) is 6.03 Å². The maximum atomic E-state index is 12.8. The fourth-order valence-corrected chi connectivity index (χ4v) is 3.05. The van der Waals surface area contributed by atoms with Crippen molar-refractivity contribution >= 4 is 17.7 Å². The number of carbonyl (C=O) groups is 2. The highest BCUT2D eigenvalue weighted by Crippen LogP contribution is 2.33. The van der Waals surface area contributed by atoms with Crippen LogP contribution >= 0.6 is 0 Å². The van der Waals surface area contributed by atoms with Gasteiger partial charge in [-0.05, 0) is 25.0 Å². The summed E-state index contributed by atoms with van der Waals surface area (Å²) in [5.74, 6) is -0.955. The summed E-state index contributed by atoms with van der Waals surface area (Å²) in [5, 5.41) is 9.43. The summed E-state index contributed by atoms with van der Waals surface area (Å²) in [5.41, 5.74) is 2.79. The summed E-state index contributed by atoms with van der Waals surface area (Å²) >= 11 is 0. The second-order valence-corrected chi connectivity index (χ2v) is 5.60. The molecule has 1 unspecified atom stereocenters. The van der Waals surface area contributed by atoms with Crippen LogP contribution in [0.4, 0.5) is 10.5 Å². The Hall–Kier alpha value is -2.30. The minimum absolute atomic E-state index is 0.209. The van der Waals surface area contributed by atoms with Crippen molar-refractivity contribution in [3.63, 3.8) is 0 Å². The van der Waals surface area contributed by atoms with E-state index in [0.717, 1.165) is 23.2 Å². The minimum atomic E-state index is -0.955. The monoisotopic (exact) mass is 286 g/mol. The van der Waals surface area contributed by atoms with Gasteiger partial charge in [-0.3, -0.25) is 4.90 Å². The number of carboxylic acid groups (broad SMARTS) is 1. The Balaban J connectivity index is 1.92. The van der Waals surface area contributed by atoms with Crippen molar-refractivity contribution in [2.45, 2.75) is 25.8 Å². The number of hydrogen-bond donors (Lipinski definition) is 1. The van der Waals surface area contributed by atoms with Crippen LogP contribution in [0.2, 0.25) is 0 Å². The van der Waals surface area contributed by atoms with Crippen LogP contribution in [0, 0.1) is 0 Å². The van der Waals surface area contributed by atoms with Gasteiger partial charge in [0, 0.05) is 25.2 Å². The molecule has 2 aliphatic heterocycles. The smallest absolute Gasteiger partial charge is 0.327 e. The van der Waals surface area contributed by atoms with E-state index in [1.165, 1.54) is 4.90 Å². The van der Waals surface area contributed by atoms with Gasteiger partial charge in [0.15, 0.2) is 0 Å². The molecule has 110 valence electrons.